The Hall–Kier alpha value is -1.03. The van der Waals surface area contributed by atoms with Crippen LogP contribution in [-0.4, -0.2) is 17.9 Å². The molecule has 0 atom stereocenters. The molecule has 1 nitrogen and oxygen atoms in total. The Balaban J connectivity index is 0.000000226. The van der Waals surface area contributed by atoms with Crippen LogP contribution >= 0.6 is 0 Å². The Morgan fingerprint density at radius 2 is 1.54 bits per heavy atom. The molecule has 0 radical (unpaired) electrons. The summed E-state index contributed by atoms with van der Waals surface area (Å²) in [6.07, 6.45) is -4.40. The first-order valence-corrected chi connectivity index (χ1v) is 3.65. The third-order valence-corrected chi connectivity index (χ3v) is 1.12. The van der Waals surface area contributed by atoms with Crippen LogP contribution in [-0.2, 0) is 0 Å². The molecular weight excluding hydrogens is 181 g/mol. The molecule has 0 aromatic heterocycles. The minimum atomic E-state index is -4.40. The van der Waals surface area contributed by atoms with E-state index in [9.17, 15) is 13.2 Å². The Labute approximate surface area is 74.8 Å². The van der Waals surface area contributed by atoms with Crippen LogP contribution in [0.4, 0.5) is 13.2 Å². The first-order valence-electron chi connectivity index (χ1n) is 3.65. The number of rotatable bonds is 0. The lowest BCUT2D eigenvalue weighted by Crippen LogP contribution is -2.12. The molecule has 1 rings (SSSR count). The number of aryl methyl sites for hydroxylation is 1. The van der Waals surface area contributed by atoms with Crippen LogP contribution in [0.15, 0.2) is 30.3 Å². The average Bonchev–Trinajstić information content (AvgIpc) is 2.06. The summed E-state index contributed by atoms with van der Waals surface area (Å²) in [5.41, 5.74) is 1.32. The summed E-state index contributed by atoms with van der Waals surface area (Å²) in [4.78, 5) is 0. The molecule has 1 aromatic rings. The maximum absolute atomic E-state index is 10.5. The van der Waals surface area contributed by atoms with Gasteiger partial charge >= 0.3 is 6.18 Å². The van der Waals surface area contributed by atoms with Crippen molar-refractivity contribution >= 4 is 0 Å². The van der Waals surface area contributed by atoms with Crippen molar-refractivity contribution in [2.75, 3.05) is 6.61 Å². The second-order valence-corrected chi connectivity index (χ2v) is 2.43. The predicted molar refractivity (Wildman–Crippen MR) is 44.3 cm³/mol. The second kappa shape index (κ2) is 5.59. The molecule has 0 saturated carbocycles. The van der Waals surface area contributed by atoms with Crippen LogP contribution in [0.1, 0.15) is 5.56 Å². The molecule has 0 aliphatic carbocycles. The van der Waals surface area contributed by atoms with Crippen molar-refractivity contribution in [2.45, 2.75) is 13.1 Å². The number of aliphatic hydroxyl groups excluding tert-OH is 1. The van der Waals surface area contributed by atoms with Crippen LogP contribution in [0.2, 0.25) is 0 Å². The molecule has 4 heteroatoms. The topological polar surface area (TPSA) is 20.2 Å². The Morgan fingerprint density at radius 1 is 1.15 bits per heavy atom. The molecule has 1 N–H and O–H groups in total. The smallest absolute Gasteiger partial charge is 0.387 e. The normalized spacial score (nSPS) is 10.2. The van der Waals surface area contributed by atoms with E-state index < -0.39 is 12.8 Å². The molecule has 0 bridgehead atoms. The van der Waals surface area contributed by atoms with E-state index in [-0.39, 0.29) is 0 Å². The molecule has 0 aliphatic rings. The zero-order valence-corrected chi connectivity index (χ0v) is 7.17. The second-order valence-electron chi connectivity index (χ2n) is 2.43. The number of alkyl halides is 3. The maximum atomic E-state index is 10.5. The van der Waals surface area contributed by atoms with Gasteiger partial charge < -0.3 is 5.11 Å². The summed E-state index contributed by atoms with van der Waals surface area (Å²) in [7, 11) is 0. The van der Waals surface area contributed by atoms with E-state index in [0.717, 1.165) is 0 Å². The van der Waals surface area contributed by atoms with Gasteiger partial charge in [0.25, 0.3) is 0 Å². The van der Waals surface area contributed by atoms with E-state index in [2.05, 4.69) is 19.1 Å². The zero-order chi connectivity index (χ0) is 10.3. The van der Waals surface area contributed by atoms with Crippen molar-refractivity contribution in [3.05, 3.63) is 35.9 Å². The monoisotopic (exact) mass is 192 g/mol. The molecule has 0 saturated heterocycles. The fourth-order valence-electron chi connectivity index (χ4n) is 0.534. The highest BCUT2D eigenvalue weighted by Gasteiger charge is 2.24. The van der Waals surface area contributed by atoms with Crippen LogP contribution in [0.25, 0.3) is 0 Å². The van der Waals surface area contributed by atoms with E-state index >= 15 is 0 Å². The van der Waals surface area contributed by atoms with Crippen molar-refractivity contribution in [1.29, 1.82) is 0 Å². The quantitative estimate of drug-likeness (QED) is 0.669. The van der Waals surface area contributed by atoms with Crippen molar-refractivity contribution in [1.82, 2.24) is 0 Å². The average molecular weight is 192 g/mol. The summed E-state index contributed by atoms with van der Waals surface area (Å²) < 4.78 is 31.6. The Morgan fingerprint density at radius 3 is 1.69 bits per heavy atom. The number of aliphatic hydroxyl groups is 1. The molecule has 74 valence electrons. The Bertz CT molecular complexity index is 218. The number of halogens is 3. The summed E-state index contributed by atoms with van der Waals surface area (Å²) in [6, 6.07) is 10.3. The minimum absolute atomic E-state index is 1.32. The van der Waals surface area contributed by atoms with E-state index in [1.54, 1.807) is 0 Å². The summed E-state index contributed by atoms with van der Waals surface area (Å²) in [6.45, 7) is 0.354. The van der Waals surface area contributed by atoms with Gasteiger partial charge in [0.2, 0.25) is 0 Å². The lowest BCUT2D eigenvalue weighted by Gasteiger charge is -1.95. The highest BCUT2D eigenvalue weighted by Crippen LogP contribution is 2.11. The van der Waals surface area contributed by atoms with E-state index in [1.165, 1.54) is 5.56 Å². The van der Waals surface area contributed by atoms with Gasteiger partial charge in [0, 0.05) is 0 Å². The van der Waals surface area contributed by atoms with Gasteiger partial charge in [-0.2, -0.15) is 13.2 Å². The van der Waals surface area contributed by atoms with Gasteiger partial charge in [0.1, 0.15) is 6.61 Å². The standard InChI is InChI=1S/C7H8.C2H3F3O/c1-7-5-3-2-4-6-7;3-2(4,5)1-6/h2-6H,1H3;6H,1H2. The molecule has 0 heterocycles. The minimum Gasteiger partial charge on any atom is -0.387 e. The Kier molecular flexibility index (Phi) is 5.14. The van der Waals surface area contributed by atoms with Crippen LogP contribution < -0.4 is 0 Å². The van der Waals surface area contributed by atoms with E-state index in [0.29, 0.717) is 0 Å². The number of hydrogen-bond acceptors (Lipinski definition) is 1. The van der Waals surface area contributed by atoms with Crippen molar-refractivity contribution in [2.24, 2.45) is 0 Å². The largest absolute Gasteiger partial charge is 0.411 e. The molecular formula is C9H11F3O. The van der Waals surface area contributed by atoms with Gasteiger partial charge in [-0.25, -0.2) is 0 Å². The summed E-state index contributed by atoms with van der Waals surface area (Å²) >= 11 is 0. The molecule has 0 unspecified atom stereocenters. The number of benzene rings is 1. The maximum Gasteiger partial charge on any atom is 0.411 e. The van der Waals surface area contributed by atoms with Crippen LogP contribution in [0, 0.1) is 6.92 Å². The third kappa shape index (κ3) is 8.88. The fourth-order valence-corrected chi connectivity index (χ4v) is 0.534. The summed E-state index contributed by atoms with van der Waals surface area (Å²) in [5.74, 6) is 0. The van der Waals surface area contributed by atoms with Crippen LogP contribution in [0.5, 0.6) is 0 Å². The molecule has 0 amide bonds. The van der Waals surface area contributed by atoms with Gasteiger partial charge in [-0.15, -0.1) is 0 Å². The predicted octanol–water partition coefficient (Wildman–Crippen LogP) is 2.54. The van der Waals surface area contributed by atoms with Gasteiger partial charge in [0.15, 0.2) is 0 Å². The van der Waals surface area contributed by atoms with Crippen molar-refractivity contribution in [3.8, 4) is 0 Å². The molecule has 0 aliphatic heterocycles. The third-order valence-electron chi connectivity index (χ3n) is 1.12. The highest BCUT2D eigenvalue weighted by atomic mass is 19.4. The lowest BCUT2D eigenvalue weighted by molar-refractivity contribution is -0.159. The zero-order valence-electron chi connectivity index (χ0n) is 7.17. The van der Waals surface area contributed by atoms with Crippen molar-refractivity contribution < 1.29 is 18.3 Å². The van der Waals surface area contributed by atoms with Gasteiger partial charge in [-0.3, -0.25) is 0 Å². The highest BCUT2D eigenvalue weighted by molar-refractivity contribution is 5.11. The van der Waals surface area contributed by atoms with Gasteiger partial charge in [-0.1, -0.05) is 35.9 Å². The lowest BCUT2D eigenvalue weighted by atomic mass is 10.2. The van der Waals surface area contributed by atoms with Crippen LogP contribution in [0.3, 0.4) is 0 Å². The molecule has 13 heavy (non-hydrogen) atoms. The molecule has 0 spiro atoms. The van der Waals surface area contributed by atoms with Crippen molar-refractivity contribution in [3.63, 3.8) is 0 Å². The van der Waals surface area contributed by atoms with Gasteiger partial charge in [0.05, 0.1) is 0 Å². The van der Waals surface area contributed by atoms with E-state index in [4.69, 9.17) is 5.11 Å². The SMILES string of the molecule is Cc1ccccc1.OCC(F)(F)F. The van der Waals surface area contributed by atoms with Gasteiger partial charge in [-0.05, 0) is 6.92 Å². The molecule has 0 fully saturated rings. The summed E-state index contributed by atoms with van der Waals surface area (Å²) in [5, 5.41) is 7.28. The molecule has 1 aromatic carbocycles. The number of hydrogen-bond donors (Lipinski definition) is 1. The first kappa shape index (κ1) is 12.0. The first-order chi connectivity index (χ1) is 5.95. The van der Waals surface area contributed by atoms with E-state index in [1.807, 2.05) is 18.2 Å². The fraction of sp³-hybridized carbons (Fsp3) is 0.333.